The van der Waals surface area contributed by atoms with Crippen molar-refractivity contribution in [2.75, 3.05) is 0 Å². The van der Waals surface area contributed by atoms with E-state index in [-0.39, 0.29) is 5.41 Å². The molecule has 0 radical (unpaired) electrons. The van der Waals surface area contributed by atoms with E-state index < -0.39 is 0 Å². The minimum atomic E-state index is 0.240. The van der Waals surface area contributed by atoms with Crippen molar-refractivity contribution in [3.05, 3.63) is 96.1 Å². The minimum Gasteiger partial charge on any atom is -0.0622 e. The average molecular weight is 312 g/mol. The molecule has 0 aromatic heterocycles. The first-order valence-electron chi connectivity index (χ1n) is 8.87. The van der Waals surface area contributed by atoms with Gasteiger partial charge in [0, 0.05) is 0 Å². The lowest BCUT2D eigenvalue weighted by atomic mass is 9.78. The van der Waals surface area contributed by atoms with Crippen LogP contribution in [0.5, 0.6) is 0 Å². The highest BCUT2D eigenvalue weighted by atomic mass is 14.5. The van der Waals surface area contributed by atoms with E-state index in [1.807, 2.05) is 0 Å². The van der Waals surface area contributed by atoms with E-state index in [1.54, 1.807) is 0 Å². The Balaban J connectivity index is 1.52. The van der Waals surface area contributed by atoms with Gasteiger partial charge in [0.05, 0.1) is 0 Å². The Kier molecular flexibility index (Phi) is 3.76. The molecular weight excluding hydrogens is 288 g/mol. The van der Waals surface area contributed by atoms with E-state index in [4.69, 9.17) is 0 Å². The van der Waals surface area contributed by atoms with Gasteiger partial charge in [-0.3, -0.25) is 0 Å². The summed E-state index contributed by atoms with van der Waals surface area (Å²) in [4.78, 5) is 0. The van der Waals surface area contributed by atoms with E-state index in [2.05, 4.69) is 98.8 Å². The van der Waals surface area contributed by atoms with Gasteiger partial charge in [-0.05, 0) is 45.9 Å². The van der Waals surface area contributed by atoms with Crippen LogP contribution in [0.25, 0.3) is 11.1 Å². The van der Waals surface area contributed by atoms with Crippen molar-refractivity contribution in [3.8, 4) is 11.1 Å². The molecule has 0 spiro atoms. The Morgan fingerprint density at radius 1 is 0.667 bits per heavy atom. The normalized spacial score (nSPS) is 19.9. The number of rotatable bonds is 4. The zero-order chi connectivity index (χ0) is 16.6. The van der Waals surface area contributed by atoms with Gasteiger partial charge in [-0.25, -0.2) is 0 Å². The van der Waals surface area contributed by atoms with Gasteiger partial charge < -0.3 is 0 Å². The van der Waals surface area contributed by atoms with Crippen molar-refractivity contribution in [2.24, 2.45) is 5.92 Å². The summed E-state index contributed by atoms with van der Waals surface area (Å²) in [5, 5.41) is 0. The largest absolute Gasteiger partial charge is 0.0622 e. The zero-order valence-electron chi connectivity index (χ0n) is 14.4. The van der Waals surface area contributed by atoms with Crippen LogP contribution in [0.3, 0.4) is 0 Å². The minimum absolute atomic E-state index is 0.240. The zero-order valence-corrected chi connectivity index (χ0v) is 14.4. The maximum absolute atomic E-state index is 2.39. The summed E-state index contributed by atoms with van der Waals surface area (Å²) in [7, 11) is 0. The van der Waals surface area contributed by atoms with Crippen LogP contribution in [-0.2, 0) is 5.41 Å². The van der Waals surface area contributed by atoms with Crippen LogP contribution in [0.2, 0.25) is 0 Å². The molecule has 1 fully saturated rings. The van der Waals surface area contributed by atoms with Gasteiger partial charge in [-0.2, -0.15) is 0 Å². The highest BCUT2D eigenvalue weighted by Crippen LogP contribution is 2.57. The second-order valence-corrected chi connectivity index (χ2v) is 7.52. The predicted molar refractivity (Wildman–Crippen MR) is 102 cm³/mol. The number of hydrogen-bond acceptors (Lipinski definition) is 0. The quantitative estimate of drug-likeness (QED) is 0.520. The van der Waals surface area contributed by atoms with Crippen LogP contribution >= 0.6 is 0 Å². The predicted octanol–water partition coefficient (Wildman–Crippen LogP) is 6.43. The van der Waals surface area contributed by atoms with E-state index in [0.717, 1.165) is 5.92 Å². The van der Waals surface area contributed by atoms with E-state index in [9.17, 15) is 0 Å². The van der Waals surface area contributed by atoms with Crippen LogP contribution in [-0.4, -0.2) is 0 Å². The molecule has 0 amide bonds. The lowest BCUT2D eigenvalue weighted by Gasteiger charge is -2.26. The SMILES string of the molecule is CC(C)(c1ccccc1)C1CC1c1ccc(-c2ccccc2)cc1. The van der Waals surface area contributed by atoms with Crippen molar-refractivity contribution >= 4 is 0 Å². The molecule has 120 valence electrons. The summed E-state index contributed by atoms with van der Waals surface area (Å²) in [6.45, 7) is 4.79. The monoisotopic (exact) mass is 312 g/mol. The molecule has 0 bridgehead atoms. The van der Waals surface area contributed by atoms with Gasteiger partial charge >= 0.3 is 0 Å². The molecule has 2 atom stereocenters. The Hall–Kier alpha value is -2.34. The second-order valence-electron chi connectivity index (χ2n) is 7.52. The van der Waals surface area contributed by atoms with Gasteiger partial charge in [0.1, 0.15) is 0 Å². The molecule has 24 heavy (non-hydrogen) atoms. The molecule has 0 saturated heterocycles. The van der Waals surface area contributed by atoms with Gasteiger partial charge in [0.15, 0.2) is 0 Å². The summed E-state index contributed by atoms with van der Waals surface area (Å²) in [5.74, 6) is 1.44. The topological polar surface area (TPSA) is 0 Å². The van der Waals surface area contributed by atoms with Crippen molar-refractivity contribution < 1.29 is 0 Å². The molecule has 1 aliphatic rings. The molecule has 3 aromatic rings. The summed E-state index contributed by atoms with van der Waals surface area (Å²) in [6, 6.07) is 30.8. The van der Waals surface area contributed by atoms with Crippen LogP contribution in [0, 0.1) is 5.92 Å². The van der Waals surface area contributed by atoms with Crippen molar-refractivity contribution in [1.29, 1.82) is 0 Å². The molecule has 0 heterocycles. The summed E-state index contributed by atoms with van der Waals surface area (Å²) < 4.78 is 0. The molecule has 1 saturated carbocycles. The van der Waals surface area contributed by atoms with Crippen molar-refractivity contribution in [3.63, 3.8) is 0 Å². The highest BCUT2D eigenvalue weighted by Gasteiger charge is 2.48. The number of benzene rings is 3. The lowest BCUT2D eigenvalue weighted by molar-refractivity contribution is 0.444. The molecule has 1 aliphatic carbocycles. The fraction of sp³-hybridized carbons (Fsp3) is 0.250. The lowest BCUT2D eigenvalue weighted by Crippen LogP contribution is -2.20. The van der Waals surface area contributed by atoms with Crippen LogP contribution in [0.4, 0.5) is 0 Å². The standard InChI is InChI=1S/C24H24/c1-24(2,21-11-7-4-8-12-21)23-17-22(23)20-15-13-19(14-16-20)18-9-5-3-6-10-18/h3-16,22-23H,17H2,1-2H3. The molecule has 4 rings (SSSR count). The summed E-state index contributed by atoms with van der Waals surface area (Å²) >= 11 is 0. The number of hydrogen-bond donors (Lipinski definition) is 0. The smallest absolute Gasteiger partial charge is 0.00693 e. The average Bonchev–Trinajstić information content (AvgIpc) is 3.45. The first-order valence-corrected chi connectivity index (χ1v) is 8.87. The highest BCUT2D eigenvalue weighted by molar-refractivity contribution is 5.63. The van der Waals surface area contributed by atoms with E-state index in [0.29, 0.717) is 5.92 Å². The molecule has 0 aliphatic heterocycles. The maximum Gasteiger partial charge on any atom is -0.00693 e. The van der Waals surface area contributed by atoms with Gasteiger partial charge in [0.2, 0.25) is 0 Å². The fourth-order valence-corrected chi connectivity index (χ4v) is 4.00. The van der Waals surface area contributed by atoms with Gasteiger partial charge in [-0.15, -0.1) is 0 Å². The first kappa shape index (κ1) is 15.2. The van der Waals surface area contributed by atoms with Crippen LogP contribution < -0.4 is 0 Å². The van der Waals surface area contributed by atoms with Crippen LogP contribution in [0.1, 0.15) is 37.3 Å². The van der Waals surface area contributed by atoms with Crippen molar-refractivity contribution in [1.82, 2.24) is 0 Å². The first-order chi connectivity index (χ1) is 11.7. The Labute approximate surface area is 145 Å². The molecule has 0 N–H and O–H groups in total. The third-order valence-corrected chi connectivity index (χ3v) is 5.68. The fourth-order valence-electron chi connectivity index (χ4n) is 4.00. The van der Waals surface area contributed by atoms with E-state index in [1.165, 1.54) is 28.7 Å². The Bertz CT molecular complexity index is 798. The molecule has 3 aromatic carbocycles. The van der Waals surface area contributed by atoms with Crippen molar-refractivity contribution in [2.45, 2.75) is 31.6 Å². The Morgan fingerprint density at radius 2 is 1.21 bits per heavy atom. The molecule has 0 nitrogen and oxygen atoms in total. The molecule has 0 heteroatoms. The maximum atomic E-state index is 2.39. The second kappa shape index (κ2) is 5.94. The third kappa shape index (κ3) is 2.78. The summed E-state index contributed by atoms with van der Waals surface area (Å²) in [5.41, 5.74) is 5.78. The third-order valence-electron chi connectivity index (χ3n) is 5.68. The Morgan fingerprint density at radius 3 is 1.83 bits per heavy atom. The van der Waals surface area contributed by atoms with Crippen LogP contribution in [0.15, 0.2) is 84.9 Å². The van der Waals surface area contributed by atoms with Gasteiger partial charge in [-0.1, -0.05) is 98.8 Å². The van der Waals surface area contributed by atoms with Gasteiger partial charge in [0.25, 0.3) is 0 Å². The van der Waals surface area contributed by atoms with E-state index >= 15 is 0 Å². The summed E-state index contributed by atoms with van der Waals surface area (Å²) in [6.07, 6.45) is 1.30. The molecular formula is C24H24. The molecule has 2 unspecified atom stereocenters.